The molecule has 5 rings (SSSR count). The maximum absolute atomic E-state index is 11.4. The highest BCUT2D eigenvalue weighted by Gasteiger charge is 2.61. The van der Waals surface area contributed by atoms with E-state index >= 15 is 0 Å². The zero-order chi connectivity index (χ0) is 20.6. The van der Waals surface area contributed by atoms with E-state index in [0.29, 0.717) is 17.3 Å². The fraction of sp³-hybridized carbons (Fsp3) is 0.800. The Bertz CT molecular complexity index is 829. The molecule has 1 aromatic heterocycles. The Morgan fingerprint density at radius 3 is 2.55 bits per heavy atom. The van der Waals surface area contributed by atoms with E-state index in [1.807, 2.05) is 11.7 Å². The van der Waals surface area contributed by atoms with E-state index in [9.17, 15) is 10.2 Å². The number of hydrogen-bond donors (Lipinski definition) is 2. The molecular weight excluding hydrogens is 360 g/mol. The van der Waals surface area contributed by atoms with Gasteiger partial charge in [0, 0.05) is 24.2 Å². The largest absolute Gasteiger partial charge is 0.393 e. The third-order valence-electron chi connectivity index (χ3n) is 9.90. The molecule has 0 bridgehead atoms. The second-order valence-corrected chi connectivity index (χ2v) is 11.3. The number of aryl methyl sites for hydroxylation is 2. The molecular formula is C25H38N2O2. The smallest absolute Gasteiger partial charge is 0.0809 e. The maximum Gasteiger partial charge on any atom is 0.0809 e. The molecule has 160 valence electrons. The van der Waals surface area contributed by atoms with Crippen LogP contribution in [-0.4, -0.2) is 32.2 Å². The zero-order valence-electron chi connectivity index (χ0n) is 18.6. The third-order valence-corrected chi connectivity index (χ3v) is 9.90. The molecule has 0 radical (unpaired) electrons. The first kappa shape index (κ1) is 19.8. The molecule has 1 aromatic rings. The summed E-state index contributed by atoms with van der Waals surface area (Å²) in [6.45, 7) is 6.94. The lowest BCUT2D eigenvalue weighted by Gasteiger charge is -2.60. The van der Waals surface area contributed by atoms with Gasteiger partial charge in [0.2, 0.25) is 0 Å². The van der Waals surface area contributed by atoms with Gasteiger partial charge in [-0.3, -0.25) is 4.68 Å². The van der Waals surface area contributed by atoms with E-state index in [0.717, 1.165) is 48.8 Å². The molecule has 4 aliphatic carbocycles. The zero-order valence-corrected chi connectivity index (χ0v) is 18.6. The van der Waals surface area contributed by atoms with Crippen molar-refractivity contribution in [2.45, 2.75) is 84.3 Å². The van der Waals surface area contributed by atoms with Crippen molar-refractivity contribution in [3.63, 3.8) is 0 Å². The van der Waals surface area contributed by atoms with Crippen molar-refractivity contribution < 1.29 is 10.2 Å². The Hall–Kier alpha value is -1.13. The summed E-state index contributed by atoms with van der Waals surface area (Å²) in [6.07, 6.45) is 13.0. The highest BCUT2D eigenvalue weighted by atomic mass is 16.3. The van der Waals surface area contributed by atoms with Gasteiger partial charge in [-0.2, -0.15) is 5.10 Å². The monoisotopic (exact) mass is 398 g/mol. The molecule has 0 aliphatic heterocycles. The molecule has 4 heteroatoms. The summed E-state index contributed by atoms with van der Waals surface area (Å²) in [4.78, 5) is 0. The quantitative estimate of drug-likeness (QED) is 0.733. The number of aliphatic hydroxyl groups is 2. The number of aliphatic hydroxyl groups excluding tert-OH is 2. The molecule has 0 aromatic carbocycles. The molecule has 29 heavy (non-hydrogen) atoms. The van der Waals surface area contributed by atoms with Crippen molar-refractivity contribution >= 4 is 6.08 Å². The minimum Gasteiger partial charge on any atom is -0.393 e. The number of aromatic nitrogens is 2. The van der Waals surface area contributed by atoms with Crippen LogP contribution in [0.15, 0.2) is 11.8 Å². The van der Waals surface area contributed by atoms with Crippen molar-refractivity contribution in [1.29, 1.82) is 0 Å². The van der Waals surface area contributed by atoms with Crippen LogP contribution in [0.1, 0.15) is 76.5 Å². The molecule has 4 saturated carbocycles. The number of fused-ring (bicyclic) bond motifs is 5. The molecule has 4 aliphatic rings. The first-order valence-corrected chi connectivity index (χ1v) is 11.8. The summed E-state index contributed by atoms with van der Waals surface area (Å²) in [5.74, 6) is 2.76. The van der Waals surface area contributed by atoms with Gasteiger partial charge in [0.15, 0.2) is 0 Å². The lowest BCUT2D eigenvalue weighted by Crippen LogP contribution is -2.54. The van der Waals surface area contributed by atoms with E-state index in [1.54, 1.807) is 0 Å². The second-order valence-electron chi connectivity index (χ2n) is 11.3. The van der Waals surface area contributed by atoms with E-state index in [2.05, 4.69) is 38.1 Å². The van der Waals surface area contributed by atoms with Gasteiger partial charge in [-0.25, -0.2) is 0 Å². The molecule has 0 unspecified atom stereocenters. The summed E-state index contributed by atoms with van der Waals surface area (Å²) < 4.78 is 1.87. The van der Waals surface area contributed by atoms with E-state index in [4.69, 9.17) is 0 Å². The van der Waals surface area contributed by atoms with Crippen LogP contribution in [0, 0.1) is 41.4 Å². The molecule has 1 heterocycles. The molecule has 4 fully saturated rings. The fourth-order valence-corrected chi connectivity index (χ4v) is 8.19. The molecule has 8 atom stereocenters. The summed E-state index contributed by atoms with van der Waals surface area (Å²) in [5, 5.41) is 26.1. The van der Waals surface area contributed by atoms with Crippen molar-refractivity contribution in [1.82, 2.24) is 9.78 Å². The highest BCUT2D eigenvalue weighted by molar-refractivity contribution is 5.56. The van der Waals surface area contributed by atoms with Crippen LogP contribution in [0.4, 0.5) is 0 Å². The Kier molecular flexibility index (Phi) is 4.57. The number of nitrogens with zero attached hydrogens (tertiary/aromatic N) is 2. The lowest BCUT2D eigenvalue weighted by atomic mass is 9.45. The number of hydrogen-bond acceptors (Lipinski definition) is 3. The fourth-order valence-electron chi connectivity index (χ4n) is 8.19. The minimum absolute atomic E-state index is 0.0144. The van der Waals surface area contributed by atoms with Gasteiger partial charge in [0.25, 0.3) is 0 Å². The van der Waals surface area contributed by atoms with Gasteiger partial charge in [0.1, 0.15) is 0 Å². The predicted molar refractivity (Wildman–Crippen MR) is 115 cm³/mol. The van der Waals surface area contributed by atoms with E-state index in [1.165, 1.54) is 31.3 Å². The van der Waals surface area contributed by atoms with Crippen LogP contribution in [-0.2, 0) is 7.05 Å². The number of rotatable bonds is 1. The van der Waals surface area contributed by atoms with Crippen LogP contribution in [0.3, 0.4) is 0 Å². The Labute approximate surface area is 175 Å². The highest BCUT2D eigenvalue weighted by Crippen LogP contribution is 2.67. The molecule has 0 amide bonds. The van der Waals surface area contributed by atoms with Crippen molar-refractivity contribution in [2.24, 2.45) is 41.5 Å². The standard InChI is InChI=1S/C25H38N2O2/c1-15-17(14-27(4)26-15)11-16-12-22-20-6-5-18-13-19(28)7-9-24(18,2)21(20)8-10-25(22,3)23(16)29/h11,14,18-23,28-29H,5-10,12-13H2,1-4H3/b16-11-/t18-,19-,20-,21+,22+,23-,24-,25-/m0/s1. The topological polar surface area (TPSA) is 58.3 Å². The average Bonchev–Trinajstić information content (AvgIpc) is 3.12. The Morgan fingerprint density at radius 2 is 1.83 bits per heavy atom. The van der Waals surface area contributed by atoms with Crippen molar-refractivity contribution in [2.75, 3.05) is 0 Å². The summed E-state index contributed by atoms with van der Waals surface area (Å²) in [5.41, 5.74) is 3.82. The lowest BCUT2D eigenvalue weighted by molar-refractivity contribution is -0.133. The molecule has 2 N–H and O–H groups in total. The van der Waals surface area contributed by atoms with Gasteiger partial charge in [0.05, 0.1) is 17.9 Å². The summed E-state index contributed by atoms with van der Waals surface area (Å²) in [6, 6.07) is 0. The van der Waals surface area contributed by atoms with Gasteiger partial charge in [-0.05, 0) is 99.0 Å². The van der Waals surface area contributed by atoms with Crippen LogP contribution >= 0.6 is 0 Å². The van der Waals surface area contributed by atoms with Gasteiger partial charge in [-0.15, -0.1) is 0 Å². The minimum atomic E-state index is -0.327. The Balaban J connectivity index is 1.45. The molecule has 0 saturated heterocycles. The first-order chi connectivity index (χ1) is 13.7. The van der Waals surface area contributed by atoms with E-state index in [-0.39, 0.29) is 17.6 Å². The predicted octanol–water partition coefficient (Wildman–Crippen LogP) is 4.49. The third kappa shape index (κ3) is 2.89. The van der Waals surface area contributed by atoms with Gasteiger partial charge < -0.3 is 10.2 Å². The molecule has 0 spiro atoms. The van der Waals surface area contributed by atoms with Crippen molar-refractivity contribution in [3.8, 4) is 0 Å². The average molecular weight is 399 g/mol. The SMILES string of the molecule is Cc1nn(C)cc1/C=C1/C[C@@H]2[C@H]3CC[C@H]4C[C@@H](O)CC[C@]4(C)[C@@H]3CC[C@]2(C)[C@H]1O. The van der Waals surface area contributed by atoms with Crippen molar-refractivity contribution in [3.05, 3.63) is 23.0 Å². The van der Waals surface area contributed by atoms with Gasteiger partial charge in [-0.1, -0.05) is 13.8 Å². The van der Waals surface area contributed by atoms with E-state index < -0.39 is 0 Å². The first-order valence-electron chi connectivity index (χ1n) is 11.8. The maximum atomic E-state index is 11.4. The van der Waals surface area contributed by atoms with Crippen LogP contribution in [0.5, 0.6) is 0 Å². The summed E-state index contributed by atoms with van der Waals surface area (Å²) >= 11 is 0. The normalized spacial score (nSPS) is 48.3. The Morgan fingerprint density at radius 1 is 1.07 bits per heavy atom. The molecule has 4 nitrogen and oxygen atoms in total. The van der Waals surface area contributed by atoms with Crippen LogP contribution in [0.2, 0.25) is 0 Å². The van der Waals surface area contributed by atoms with Crippen LogP contribution in [0.25, 0.3) is 6.08 Å². The second kappa shape index (κ2) is 6.68. The summed E-state index contributed by atoms with van der Waals surface area (Å²) in [7, 11) is 1.96. The van der Waals surface area contributed by atoms with Gasteiger partial charge >= 0.3 is 0 Å². The van der Waals surface area contributed by atoms with Crippen LogP contribution < -0.4 is 0 Å².